The van der Waals surface area contributed by atoms with Crippen molar-refractivity contribution in [1.82, 2.24) is 15.6 Å². The predicted octanol–water partition coefficient (Wildman–Crippen LogP) is 3.36. The van der Waals surface area contributed by atoms with E-state index in [1.165, 1.54) is 24.3 Å². The summed E-state index contributed by atoms with van der Waals surface area (Å²) in [5.74, 6) is -0.822. The summed E-state index contributed by atoms with van der Waals surface area (Å²) in [6, 6.07) is 7.38. The fourth-order valence-corrected chi connectivity index (χ4v) is 3.69. The highest BCUT2D eigenvalue weighted by Crippen LogP contribution is 2.31. The number of nitrogens with one attached hydrogen (secondary N) is 3. The molecule has 3 aromatic rings. The van der Waals surface area contributed by atoms with Crippen LogP contribution in [0.25, 0.3) is 10.9 Å². The summed E-state index contributed by atoms with van der Waals surface area (Å²) in [5, 5.41) is 6.85. The van der Waals surface area contributed by atoms with Crippen molar-refractivity contribution in [3.63, 3.8) is 0 Å². The number of rotatable bonds is 5. The van der Waals surface area contributed by atoms with Crippen LogP contribution in [0.1, 0.15) is 21.5 Å². The van der Waals surface area contributed by atoms with E-state index in [4.69, 9.17) is 4.74 Å². The Morgan fingerprint density at radius 2 is 2.10 bits per heavy atom. The molecule has 1 amide bonds. The number of ether oxygens (including phenoxy) is 1. The minimum absolute atomic E-state index is 0. The third kappa shape index (κ3) is 4.21. The van der Waals surface area contributed by atoms with Gasteiger partial charge in [-0.3, -0.25) is 4.79 Å². The monoisotopic (exact) mass is 421 g/mol. The topological polar surface area (TPSA) is 66.2 Å². The molecule has 3 N–H and O–H groups in total. The zero-order chi connectivity index (χ0) is 19.7. The molecule has 1 aliphatic heterocycles. The lowest BCUT2D eigenvalue weighted by atomic mass is 9.96. The number of fused-ring (bicyclic) bond motifs is 2. The fourth-order valence-electron chi connectivity index (χ4n) is 3.69. The smallest absolute Gasteiger partial charge is 0.251 e. The minimum atomic E-state index is -0.457. The maximum absolute atomic E-state index is 14.1. The molecule has 5 nitrogen and oxygen atoms in total. The van der Waals surface area contributed by atoms with Gasteiger partial charge in [0.05, 0.1) is 0 Å². The Bertz CT molecular complexity index is 1040. The number of aromatic nitrogens is 1. The van der Waals surface area contributed by atoms with Crippen LogP contribution < -0.4 is 15.4 Å². The highest BCUT2D eigenvalue weighted by molar-refractivity contribution is 5.96. The van der Waals surface area contributed by atoms with Crippen LogP contribution in [0.2, 0.25) is 0 Å². The van der Waals surface area contributed by atoms with E-state index >= 15 is 0 Å². The Kier molecular flexibility index (Phi) is 6.39. The zero-order valence-corrected chi connectivity index (χ0v) is 16.7. The molecule has 8 heteroatoms. The molecule has 4 rings (SSSR count). The highest BCUT2D eigenvalue weighted by atomic mass is 35.5. The molecule has 0 fully saturated rings. The van der Waals surface area contributed by atoms with E-state index in [-0.39, 0.29) is 35.9 Å². The van der Waals surface area contributed by atoms with Crippen molar-refractivity contribution in [3.05, 3.63) is 64.9 Å². The van der Waals surface area contributed by atoms with Gasteiger partial charge >= 0.3 is 0 Å². The second-order valence-electron chi connectivity index (χ2n) is 6.90. The summed E-state index contributed by atoms with van der Waals surface area (Å²) in [5.41, 5.74) is 2.93. The van der Waals surface area contributed by atoms with Crippen molar-refractivity contribution in [1.29, 1.82) is 0 Å². The van der Waals surface area contributed by atoms with Crippen LogP contribution in [0.4, 0.5) is 8.78 Å². The van der Waals surface area contributed by atoms with Crippen LogP contribution in [0.15, 0.2) is 36.5 Å². The van der Waals surface area contributed by atoms with Crippen LogP contribution >= 0.6 is 12.4 Å². The summed E-state index contributed by atoms with van der Waals surface area (Å²) < 4.78 is 33.2. The van der Waals surface area contributed by atoms with Gasteiger partial charge in [-0.05, 0) is 55.3 Å². The van der Waals surface area contributed by atoms with Gasteiger partial charge in [-0.1, -0.05) is 0 Å². The predicted molar refractivity (Wildman–Crippen MR) is 110 cm³/mol. The van der Waals surface area contributed by atoms with Crippen LogP contribution in [0.5, 0.6) is 5.75 Å². The second kappa shape index (κ2) is 8.80. The number of benzene rings is 2. The number of H-pyrrole nitrogens is 1. The molecule has 2 aromatic carbocycles. The summed E-state index contributed by atoms with van der Waals surface area (Å²) in [7, 11) is 1.54. The van der Waals surface area contributed by atoms with Crippen molar-refractivity contribution in [2.24, 2.45) is 0 Å². The van der Waals surface area contributed by atoms with Crippen molar-refractivity contribution in [3.8, 4) is 5.75 Å². The van der Waals surface area contributed by atoms with E-state index in [9.17, 15) is 13.6 Å². The van der Waals surface area contributed by atoms with Gasteiger partial charge in [-0.25, -0.2) is 8.78 Å². The van der Waals surface area contributed by atoms with Gasteiger partial charge in [0, 0.05) is 41.3 Å². The molecule has 1 aromatic heterocycles. The molecule has 0 radical (unpaired) electrons. The lowest BCUT2D eigenvalue weighted by molar-refractivity contribution is 0.0960. The average molecular weight is 422 g/mol. The molecule has 1 atom stereocenters. The normalized spacial score (nSPS) is 15.3. The van der Waals surface area contributed by atoms with Gasteiger partial charge in [0.15, 0.2) is 11.6 Å². The maximum Gasteiger partial charge on any atom is 0.251 e. The Morgan fingerprint density at radius 1 is 1.28 bits per heavy atom. The SMILES string of the molecule is CNC(=O)c1ccc(F)c2c1CC(NCCc1c[nH]c3ccc(F)cc13)CO2.Cl. The van der Waals surface area contributed by atoms with Crippen LogP contribution in [0, 0.1) is 11.6 Å². The van der Waals surface area contributed by atoms with Gasteiger partial charge in [0.2, 0.25) is 0 Å². The summed E-state index contributed by atoms with van der Waals surface area (Å²) in [6.45, 7) is 0.973. The van der Waals surface area contributed by atoms with Gasteiger partial charge in [0.1, 0.15) is 12.4 Å². The van der Waals surface area contributed by atoms with E-state index in [2.05, 4.69) is 15.6 Å². The Labute approximate surface area is 173 Å². The summed E-state index contributed by atoms with van der Waals surface area (Å²) in [6.07, 6.45) is 3.09. The van der Waals surface area contributed by atoms with E-state index in [0.717, 1.165) is 16.5 Å². The highest BCUT2D eigenvalue weighted by Gasteiger charge is 2.27. The minimum Gasteiger partial charge on any atom is -0.489 e. The van der Waals surface area contributed by atoms with Gasteiger partial charge in [-0.2, -0.15) is 0 Å². The van der Waals surface area contributed by atoms with Gasteiger partial charge < -0.3 is 20.4 Å². The number of carbonyl (C=O) groups excluding carboxylic acids is 1. The van der Waals surface area contributed by atoms with E-state index < -0.39 is 5.82 Å². The lowest BCUT2D eigenvalue weighted by Gasteiger charge is -2.28. The van der Waals surface area contributed by atoms with Gasteiger partial charge in [-0.15, -0.1) is 12.4 Å². The second-order valence-corrected chi connectivity index (χ2v) is 6.90. The first kappa shape index (κ1) is 21.1. The molecule has 154 valence electrons. The van der Waals surface area contributed by atoms with Crippen molar-refractivity contribution >= 4 is 29.2 Å². The zero-order valence-electron chi connectivity index (χ0n) is 15.9. The molecular weight excluding hydrogens is 400 g/mol. The largest absolute Gasteiger partial charge is 0.489 e. The van der Waals surface area contributed by atoms with Crippen molar-refractivity contribution in [2.45, 2.75) is 18.9 Å². The van der Waals surface area contributed by atoms with E-state index in [1.807, 2.05) is 6.20 Å². The molecule has 1 aliphatic rings. The molecule has 1 unspecified atom stereocenters. The number of halogens is 3. The number of carbonyl (C=O) groups is 1. The Hall–Kier alpha value is -2.64. The Morgan fingerprint density at radius 3 is 2.90 bits per heavy atom. The van der Waals surface area contributed by atoms with Gasteiger partial charge in [0.25, 0.3) is 5.91 Å². The molecule has 0 spiro atoms. The Balaban J connectivity index is 0.00000240. The maximum atomic E-state index is 14.1. The van der Waals surface area contributed by atoms with Crippen molar-refractivity contribution < 1.29 is 18.3 Å². The number of hydrogen-bond donors (Lipinski definition) is 3. The summed E-state index contributed by atoms with van der Waals surface area (Å²) >= 11 is 0. The first-order valence-corrected chi connectivity index (χ1v) is 9.22. The first-order valence-electron chi connectivity index (χ1n) is 9.22. The van der Waals surface area contributed by atoms with E-state index in [1.54, 1.807) is 13.1 Å². The number of amides is 1. The van der Waals surface area contributed by atoms with Crippen LogP contribution in [0.3, 0.4) is 0 Å². The molecule has 2 heterocycles. The summed E-state index contributed by atoms with van der Waals surface area (Å²) in [4.78, 5) is 15.2. The molecular formula is C21H22ClF2N3O2. The molecule has 29 heavy (non-hydrogen) atoms. The third-order valence-electron chi connectivity index (χ3n) is 5.12. The number of aromatic amines is 1. The lowest BCUT2D eigenvalue weighted by Crippen LogP contribution is -2.41. The molecule has 0 saturated carbocycles. The first-order chi connectivity index (χ1) is 13.6. The molecule has 0 saturated heterocycles. The quantitative estimate of drug-likeness (QED) is 0.592. The van der Waals surface area contributed by atoms with E-state index in [0.29, 0.717) is 37.1 Å². The standard InChI is InChI=1S/C21H21F2N3O2.ClH/c1-24-21(27)15-3-4-18(23)20-17(15)9-14(11-28-20)25-7-6-12-10-26-19-5-2-13(22)8-16(12)19;/h2-5,8,10,14,25-26H,6-7,9,11H2,1H3,(H,24,27);1H. The van der Waals surface area contributed by atoms with Crippen LogP contribution in [-0.4, -0.2) is 37.1 Å². The molecule has 0 aliphatic carbocycles. The third-order valence-corrected chi connectivity index (χ3v) is 5.12. The molecule has 0 bridgehead atoms. The van der Waals surface area contributed by atoms with Crippen LogP contribution in [-0.2, 0) is 12.8 Å². The average Bonchev–Trinajstić information content (AvgIpc) is 3.10. The van der Waals surface area contributed by atoms with Crippen molar-refractivity contribution in [2.75, 3.05) is 20.2 Å². The fraction of sp³-hybridized carbons (Fsp3) is 0.286. The number of hydrogen-bond acceptors (Lipinski definition) is 3.